The molecule has 0 aliphatic rings. The van der Waals surface area contributed by atoms with Crippen molar-refractivity contribution in [3.05, 3.63) is 45.5 Å². The van der Waals surface area contributed by atoms with Crippen LogP contribution in [0.25, 0.3) is 6.08 Å². The first-order valence-corrected chi connectivity index (χ1v) is 6.19. The number of hydrogen-bond acceptors (Lipinski definition) is 5. The van der Waals surface area contributed by atoms with Crippen LogP contribution < -0.4 is 0 Å². The predicted octanol–water partition coefficient (Wildman–Crippen LogP) is 2.35. The number of carbonyl (C=O) groups excluding carboxylic acids is 2. The molecule has 6 nitrogen and oxygen atoms in total. The van der Waals surface area contributed by atoms with Crippen LogP contribution in [-0.2, 0) is 14.3 Å². The Labute approximate surface area is 120 Å². The third-order valence-electron chi connectivity index (χ3n) is 2.32. The van der Waals surface area contributed by atoms with E-state index >= 15 is 0 Å². The Kier molecular flexibility index (Phi) is 5.86. The van der Waals surface area contributed by atoms with Crippen molar-refractivity contribution >= 4 is 35.1 Å². The minimum atomic E-state index is -0.767. The molecule has 1 aromatic carbocycles. The zero-order valence-corrected chi connectivity index (χ0v) is 11.4. The monoisotopic (exact) mass is 297 g/mol. The topological polar surface area (TPSA) is 86.5 Å². The number of ether oxygens (including phenoxy) is 1. The van der Waals surface area contributed by atoms with E-state index in [1.54, 1.807) is 0 Å². The van der Waals surface area contributed by atoms with Crippen molar-refractivity contribution in [1.29, 1.82) is 0 Å². The number of alkyl halides is 1. The van der Waals surface area contributed by atoms with Crippen LogP contribution in [0.3, 0.4) is 0 Å². The van der Waals surface area contributed by atoms with E-state index in [0.29, 0.717) is 5.56 Å². The summed E-state index contributed by atoms with van der Waals surface area (Å²) in [6.07, 6.45) is 1.32. The summed E-state index contributed by atoms with van der Waals surface area (Å²) in [5.41, 5.74) is 0.281. The smallest absolute Gasteiger partial charge is 0.341 e. The van der Waals surface area contributed by atoms with E-state index in [4.69, 9.17) is 16.3 Å². The highest BCUT2D eigenvalue weighted by Crippen LogP contribution is 2.15. The van der Waals surface area contributed by atoms with Crippen molar-refractivity contribution in [2.45, 2.75) is 6.92 Å². The van der Waals surface area contributed by atoms with Crippen LogP contribution in [0.1, 0.15) is 12.5 Å². The Morgan fingerprint density at radius 2 is 1.95 bits per heavy atom. The molecule has 1 rings (SSSR count). The number of ketones is 1. The molecule has 0 aromatic heterocycles. The Balaban J connectivity index is 2.99. The number of benzene rings is 1. The first kappa shape index (κ1) is 15.8. The lowest BCUT2D eigenvalue weighted by atomic mass is 10.1. The normalized spacial score (nSPS) is 11.0. The van der Waals surface area contributed by atoms with E-state index < -0.39 is 16.7 Å². The van der Waals surface area contributed by atoms with Crippen LogP contribution in [-0.4, -0.2) is 29.2 Å². The molecular formula is C13H12ClNO5. The number of Topliss-reactive ketones (excluding diaryl/α,β-unsaturated/α-hetero) is 1. The first-order chi connectivity index (χ1) is 9.45. The molecule has 0 aliphatic carbocycles. The fourth-order valence-corrected chi connectivity index (χ4v) is 1.45. The second-order valence-corrected chi connectivity index (χ2v) is 4.17. The van der Waals surface area contributed by atoms with Crippen molar-refractivity contribution in [1.82, 2.24) is 0 Å². The summed E-state index contributed by atoms with van der Waals surface area (Å²) in [7, 11) is 0. The van der Waals surface area contributed by atoms with E-state index in [0.717, 1.165) is 0 Å². The average Bonchev–Trinajstić information content (AvgIpc) is 2.42. The third-order valence-corrected chi connectivity index (χ3v) is 2.48. The molecule has 106 valence electrons. The summed E-state index contributed by atoms with van der Waals surface area (Å²) in [6.45, 7) is 1.24. The Morgan fingerprint density at radius 3 is 2.40 bits per heavy atom. The van der Waals surface area contributed by atoms with Gasteiger partial charge in [0, 0.05) is 12.1 Å². The van der Waals surface area contributed by atoms with Gasteiger partial charge in [0.25, 0.3) is 5.69 Å². The van der Waals surface area contributed by atoms with E-state index in [1.807, 2.05) is 0 Å². The molecular weight excluding hydrogens is 286 g/mol. The lowest BCUT2D eigenvalue weighted by molar-refractivity contribution is -0.384. The molecule has 0 N–H and O–H groups in total. The van der Waals surface area contributed by atoms with Gasteiger partial charge in [-0.3, -0.25) is 14.9 Å². The highest BCUT2D eigenvalue weighted by Gasteiger charge is 2.16. The second-order valence-electron chi connectivity index (χ2n) is 3.79. The molecule has 0 saturated carbocycles. The lowest BCUT2D eigenvalue weighted by Gasteiger charge is -2.04. The number of hydrogen-bond donors (Lipinski definition) is 0. The Hall–Kier alpha value is -2.21. The van der Waals surface area contributed by atoms with E-state index in [9.17, 15) is 19.7 Å². The Bertz CT molecular complexity index is 550. The molecule has 0 bridgehead atoms. The summed E-state index contributed by atoms with van der Waals surface area (Å²) in [6, 6.07) is 5.45. The molecule has 0 aliphatic heterocycles. The maximum Gasteiger partial charge on any atom is 0.341 e. The molecule has 0 atom stereocenters. The molecule has 0 unspecified atom stereocenters. The minimum absolute atomic E-state index is 0.00523. The molecule has 0 fully saturated rings. The summed E-state index contributed by atoms with van der Waals surface area (Å²) < 4.78 is 4.78. The van der Waals surface area contributed by atoms with Gasteiger partial charge < -0.3 is 4.74 Å². The van der Waals surface area contributed by atoms with Gasteiger partial charge in [-0.1, -0.05) is 0 Å². The van der Waals surface area contributed by atoms with Gasteiger partial charge in [-0.25, -0.2) is 4.79 Å². The molecule has 0 amide bonds. The van der Waals surface area contributed by atoms with Crippen molar-refractivity contribution in [2.24, 2.45) is 0 Å². The first-order valence-electron chi connectivity index (χ1n) is 5.66. The number of nitro groups is 1. The fourth-order valence-electron chi connectivity index (χ4n) is 1.37. The molecule has 0 heterocycles. The highest BCUT2D eigenvalue weighted by atomic mass is 35.5. The average molecular weight is 298 g/mol. The van der Waals surface area contributed by atoms with Crippen molar-refractivity contribution in [3.63, 3.8) is 0 Å². The van der Waals surface area contributed by atoms with Crippen molar-refractivity contribution in [2.75, 3.05) is 12.5 Å². The van der Waals surface area contributed by atoms with Crippen LogP contribution >= 0.6 is 11.6 Å². The Morgan fingerprint density at radius 1 is 1.35 bits per heavy atom. The predicted molar refractivity (Wildman–Crippen MR) is 73.4 cm³/mol. The molecule has 0 radical (unpaired) electrons. The summed E-state index contributed by atoms with van der Waals surface area (Å²) in [5.74, 6) is -1.09. The van der Waals surface area contributed by atoms with Crippen molar-refractivity contribution in [3.8, 4) is 0 Å². The molecule has 7 heteroatoms. The zero-order valence-electron chi connectivity index (χ0n) is 10.7. The number of nitrogens with zero attached hydrogens (tertiary/aromatic N) is 1. The highest BCUT2D eigenvalue weighted by molar-refractivity contribution is 6.20. The van der Waals surface area contributed by atoms with E-state index in [1.165, 1.54) is 37.3 Å². The maximum absolute atomic E-state index is 11.6. The number of nitro benzene ring substituents is 1. The summed E-state index contributed by atoms with van der Waals surface area (Å²) in [4.78, 5) is 33.0. The largest absolute Gasteiger partial charge is 0.461 e. The third kappa shape index (κ3) is 4.47. The van der Waals surface area contributed by atoms with E-state index in [2.05, 4.69) is 0 Å². The van der Waals surface area contributed by atoms with Crippen LogP contribution in [0.5, 0.6) is 0 Å². The maximum atomic E-state index is 11.6. The number of non-ortho nitro benzene ring substituents is 1. The van der Waals surface area contributed by atoms with Crippen LogP contribution in [0.2, 0.25) is 0 Å². The van der Waals surface area contributed by atoms with Gasteiger partial charge in [-0.15, -0.1) is 11.6 Å². The van der Waals surface area contributed by atoms with Gasteiger partial charge >= 0.3 is 5.97 Å². The standard InChI is InChI=1S/C13H12ClNO5/c1-9(16)12(13(17)20-7-6-14)8-10-2-4-11(5-3-10)15(18)19/h2-5,8H,6-7H2,1H3/b12-8-. The van der Waals surface area contributed by atoms with Crippen LogP contribution in [0.4, 0.5) is 5.69 Å². The SMILES string of the molecule is CC(=O)/C(=C/c1ccc([N+](=O)[O-])cc1)C(=O)OCCCl. The van der Waals surface area contributed by atoms with Gasteiger partial charge in [0.05, 0.1) is 10.8 Å². The van der Waals surface area contributed by atoms with Gasteiger partial charge in [-0.05, 0) is 30.7 Å². The summed E-state index contributed by atoms with van der Waals surface area (Å²) in [5, 5.41) is 10.5. The van der Waals surface area contributed by atoms with E-state index in [-0.39, 0.29) is 23.7 Å². The van der Waals surface area contributed by atoms with Gasteiger partial charge in [0.15, 0.2) is 5.78 Å². The van der Waals surface area contributed by atoms with Crippen LogP contribution in [0.15, 0.2) is 29.8 Å². The fraction of sp³-hybridized carbons (Fsp3) is 0.231. The summed E-state index contributed by atoms with van der Waals surface area (Å²) >= 11 is 5.39. The van der Waals surface area contributed by atoms with Crippen LogP contribution in [0, 0.1) is 10.1 Å². The lowest BCUT2D eigenvalue weighted by Crippen LogP contribution is -2.14. The number of carbonyl (C=O) groups is 2. The number of esters is 1. The van der Waals surface area contributed by atoms with Crippen molar-refractivity contribution < 1.29 is 19.2 Å². The number of halogens is 1. The van der Waals surface area contributed by atoms with Gasteiger partial charge in [0.1, 0.15) is 12.2 Å². The van der Waals surface area contributed by atoms with Gasteiger partial charge in [-0.2, -0.15) is 0 Å². The quantitative estimate of drug-likeness (QED) is 0.153. The molecule has 1 aromatic rings. The zero-order chi connectivity index (χ0) is 15.1. The van der Waals surface area contributed by atoms with Gasteiger partial charge in [0.2, 0.25) is 0 Å². The molecule has 20 heavy (non-hydrogen) atoms. The molecule has 0 saturated heterocycles. The second kappa shape index (κ2) is 7.40. The minimum Gasteiger partial charge on any atom is -0.461 e. The molecule has 0 spiro atoms. The number of rotatable bonds is 6.